The minimum absolute atomic E-state index is 0.564. The van der Waals surface area contributed by atoms with E-state index in [2.05, 4.69) is 23.3 Å². The molecular formula is C8H15N3. The Morgan fingerprint density at radius 3 is 3.18 bits per heavy atom. The molecule has 3 N–H and O–H groups in total. The molecule has 3 heteroatoms. The molecule has 0 saturated carbocycles. The number of nitrogens with one attached hydrogen (secondary N) is 3. The van der Waals surface area contributed by atoms with Gasteiger partial charge in [-0.25, -0.2) is 5.43 Å². The zero-order valence-electron chi connectivity index (χ0n) is 6.91. The van der Waals surface area contributed by atoms with Crippen molar-refractivity contribution < 1.29 is 0 Å². The Labute approximate surface area is 67.2 Å². The van der Waals surface area contributed by atoms with Crippen LogP contribution >= 0.6 is 0 Å². The molecule has 2 aliphatic rings. The van der Waals surface area contributed by atoms with Gasteiger partial charge in [-0.15, -0.1) is 0 Å². The third-order valence-corrected chi connectivity index (χ3v) is 2.55. The van der Waals surface area contributed by atoms with Crippen molar-refractivity contribution in [3.63, 3.8) is 0 Å². The largest absolute Gasteiger partial charge is 0.312 e. The van der Waals surface area contributed by atoms with E-state index in [-0.39, 0.29) is 0 Å². The van der Waals surface area contributed by atoms with Gasteiger partial charge in [0.2, 0.25) is 0 Å². The predicted octanol–water partition coefficient (Wildman–Crippen LogP) is 0.815. The first-order valence-corrected chi connectivity index (χ1v) is 4.40. The van der Waals surface area contributed by atoms with Gasteiger partial charge in [-0.2, -0.15) is 5.53 Å². The van der Waals surface area contributed by atoms with Crippen LogP contribution in [0.5, 0.6) is 0 Å². The maximum absolute atomic E-state index is 3.22. The molecule has 0 aromatic rings. The first kappa shape index (κ1) is 7.13. The Hall–Kier alpha value is -0.540. The number of hydrogen-bond acceptors (Lipinski definition) is 3. The monoisotopic (exact) mass is 153 g/mol. The van der Waals surface area contributed by atoms with E-state index >= 15 is 0 Å². The predicted molar refractivity (Wildman–Crippen MR) is 44.4 cm³/mol. The van der Waals surface area contributed by atoms with Gasteiger partial charge < -0.3 is 5.43 Å². The molecule has 0 saturated heterocycles. The highest BCUT2D eigenvalue weighted by Gasteiger charge is 2.24. The van der Waals surface area contributed by atoms with E-state index < -0.39 is 0 Å². The van der Waals surface area contributed by atoms with Gasteiger partial charge in [-0.3, -0.25) is 0 Å². The van der Waals surface area contributed by atoms with E-state index in [0.29, 0.717) is 6.04 Å². The molecule has 62 valence electrons. The second kappa shape index (κ2) is 2.83. The van der Waals surface area contributed by atoms with Crippen LogP contribution in [0.2, 0.25) is 0 Å². The van der Waals surface area contributed by atoms with Crippen LogP contribution in [0.3, 0.4) is 0 Å². The lowest BCUT2D eigenvalue weighted by Gasteiger charge is -2.27. The molecule has 11 heavy (non-hydrogen) atoms. The van der Waals surface area contributed by atoms with Gasteiger partial charge >= 0.3 is 0 Å². The average Bonchev–Trinajstić information content (AvgIpc) is 2.50. The molecule has 0 amide bonds. The molecule has 1 aliphatic carbocycles. The molecule has 0 unspecified atom stereocenters. The SMILES string of the molecule is CC[C@@H]1NNNC2=C1CCC2. The fraction of sp³-hybridized carbons (Fsp3) is 0.750. The minimum atomic E-state index is 0.564. The number of hydrazine groups is 2. The summed E-state index contributed by atoms with van der Waals surface area (Å²) >= 11 is 0. The van der Waals surface area contributed by atoms with Crippen LogP contribution in [0.25, 0.3) is 0 Å². The normalized spacial score (nSPS) is 30.1. The maximum atomic E-state index is 3.22. The summed E-state index contributed by atoms with van der Waals surface area (Å²) in [4.78, 5) is 0. The highest BCUT2D eigenvalue weighted by Crippen LogP contribution is 2.28. The van der Waals surface area contributed by atoms with E-state index in [0.717, 1.165) is 0 Å². The van der Waals surface area contributed by atoms with Crippen LogP contribution in [0.15, 0.2) is 11.3 Å². The lowest BCUT2D eigenvalue weighted by Crippen LogP contribution is -2.52. The number of allylic oxidation sites excluding steroid dienone is 1. The van der Waals surface area contributed by atoms with Crippen molar-refractivity contribution in [2.75, 3.05) is 0 Å². The Morgan fingerprint density at radius 1 is 1.45 bits per heavy atom. The van der Waals surface area contributed by atoms with E-state index in [1.165, 1.54) is 31.4 Å². The first-order chi connectivity index (χ1) is 5.42. The molecule has 0 bridgehead atoms. The van der Waals surface area contributed by atoms with Crippen molar-refractivity contribution in [2.45, 2.75) is 38.6 Å². The van der Waals surface area contributed by atoms with Crippen molar-refractivity contribution in [1.82, 2.24) is 16.4 Å². The van der Waals surface area contributed by atoms with Gasteiger partial charge in [0, 0.05) is 11.7 Å². The van der Waals surface area contributed by atoms with Gasteiger partial charge in [0.1, 0.15) is 0 Å². The van der Waals surface area contributed by atoms with Crippen molar-refractivity contribution in [3.05, 3.63) is 11.3 Å². The lowest BCUT2D eigenvalue weighted by molar-refractivity contribution is 0.380. The average molecular weight is 153 g/mol. The van der Waals surface area contributed by atoms with Gasteiger partial charge in [-0.05, 0) is 31.3 Å². The van der Waals surface area contributed by atoms with Crippen molar-refractivity contribution >= 4 is 0 Å². The zero-order valence-corrected chi connectivity index (χ0v) is 6.91. The van der Waals surface area contributed by atoms with E-state index in [4.69, 9.17) is 0 Å². The van der Waals surface area contributed by atoms with Gasteiger partial charge in [0.15, 0.2) is 0 Å². The van der Waals surface area contributed by atoms with Crippen LogP contribution in [-0.4, -0.2) is 6.04 Å². The highest BCUT2D eigenvalue weighted by molar-refractivity contribution is 5.24. The molecule has 3 nitrogen and oxygen atoms in total. The molecule has 1 atom stereocenters. The first-order valence-electron chi connectivity index (χ1n) is 4.40. The van der Waals surface area contributed by atoms with Gasteiger partial charge in [-0.1, -0.05) is 6.92 Å². The second-order valence-electron chi connectivity index (χ2n) is 3.21. The fourth-order valence-electron chi connectivity index (χ4n) is 1.93. The fourth-order valence-corrected chi connectivity index (χ4v) is 1.93. The number of hydrogen-bond donors (Lipinski definition) is 3. The molecule has 0 spiro atoms. The van der Waals surface area contributed by atoms with E-state index in [9.17, 15) is 0 Å². The standard InChI is InChI=1S/C8H15N3/c1-2-7-6-4-3-5-8(6)10-11-9-7/h7,9-11H,2-5H2,1H3/t7-/m0/s1. The summed E-state index contributed by atoms with van der Waals surface area (Å²) in [5.74, 6) is 0. The Balaban J connectivity index is 2.17. The molecule has 1 aliphatic heterocycles. The zero-order chi connectivity index (χ0) is 7.68. The summed E-state index contributed by atoms with van der Waals surface area (Å²) in [5.41, 5.74) is 12.4. The van der Waals surface area contributed by atoms with Crippen molar-refractivity contribution in [2.24, 2.45) is 0 Å². The summed E-state index contributed by atoms with van der Waals surface area (Å²) in [6.07, 6.45) is 4.99. The molecule has 0 aromatic heterocycles. The van der Waals surface area contributed by atoms with Crippen LogP contribution in [0.1, 0.15) is 32.6 Å². The molecule has 0 fully saturated rings. The second-order valence-corrected chi connectivity index (χ2v) is 3.21. The van der Waals surface area contributed by atoms with E-state index in [1.54, 1.807) is 5.57 Å². The van der Waals surface area contributed by atoms with Gasteiger partial charge in [0.25, 0.3) is 0 Å². The Morgan fingerprint density at radius 2 is 2.36 bits per heavy atom. The summed E-state index contributed by atoms with van der Waals surface area (Å²) < 4.78 is 0. The minimum Gasteiger partial charge on any atom is -0.312 e. The van der Waals surface area contributed by atoms with E-state index in [1.807, 2.05) is 0 Å². The van der Waals surface area contributed by atoms with Crippen LogP contribution in [0.4, 0.5) is 0 Å². The molecular weight excluding hydrogens is 138 g/mol. The lowest BCUT2D eigenvalue weighted by atomic mass is 10.0. The summed E-state index contributed by atoms with van der Waals surface area (Å²) in [7, 11) is 0. The van der Waals surface area contributed by atoms with Crippen molar-refractivity contribution in [1.29, 1.82) is 0 Å². The quantitative estimate of drug-likeness (QED) is 0.522. The third kappa shape index (κ3) is 1.14. The third-order valence-electron chi connectivity index (χ3n) is 2.55. The molecule has 0 aromatic carbocycles. The van der Waals surface area contributed by atoms with Crippen LogP contribution < -0.4 is 16.4 Å². The molecule has 0 radical (unpaired) electrons. The molecule has 1 heterocycles. The van der Waals surface area contributed by atoms with Gasteiger partial charge in [0.05, 0.1) is 0 Å². The Bertz CT molecular complexity index is 186. The van der Waals surface area contributed by atoms with Crippen molar-refractivity contribution in [3.8, 4) is 0 Å². The maximum Gasteiger partial charge on any atom is 0.0457 e. The van der Waals surface area contributed by atoms with Crippen LogP contribution in [-0.2, 0) is 0 Å². The number of rotatable bonds is 1. The topological polar surface area (TPSA) is 36.1 Å². The van der Waals surface area contributed by atoms with Crippen LogP contribution in [0, 0.1) is 0 Å². The smallest absolute Gasteiger partial charge is 0.0457 e. The summed E-state index contributed by atoms with van der Waals surface area (Å²) in [5, 5.41) is 0. The Kier molecular flexibility index (Phi) is 1.84. The highest BCUT2D eigenvalue weighted by atomic mass is 15.6. The summed E-state index contributed by atoms with van der Waals surface area (Å²) in [6, 6.07) is 0.564. The summed E-state index contributed by atoms with van der Waals surface area (Å²) in [6.45, 7) is 2.22. The molecule has 2 rings (SSSR count).